The molecule has 3 rings (SSSR count). The third kappa shape index (κ3) is 3.48. The minimum atomic E-state index is 0.743. The Hall–Kier alpha value is -2.47. The number of aryl methyl sites for hydroxylation is 1. The molecule has 23 heavy (non-hydrogen) atoms. The van der Waals surface area contributed by atoms with Crippen molar-refractivity contribution in [2.24, 2.45) is 5.10 Å². The van der Waals surface area contributed by atoms with Gasteiger partial charge in [0.05, 0.1) is 11.6 Å². The molecule has 0 unspecified atom stereocenters. The number of benzene rings is 1. The first kappa shape index (κ1) is 15.4. The maximum Gasteiger partial charge on any atom is 0.158 e. The number of fused-ring (bicyclic) bond motifs is 1. The fourth-order valence-corrected chi connectivity index (χ4v) is 3.13. The maximum absolute atomic E-state index is 4.31. The maximum atomic E-state index is 4.31. The van der Waals surface area contributed by atoms with Gasteiger partial charge in [0.15, 0.2) is 5.82 Å². The van der Waals surface area contributed by atoms with E-state index in [1.165, 1.54) is 4.88 Å². The highest BCUT2D eigenvalue weighted by Gasteiger charge is 2.06. The monoisotopic (exact) mass is 325 g/mol. The number of aromatic nitrogens is 2. The number of hydrogen-bond donors (Lipinski definition) is 1. The van der Waals surface area contributed by atoms with Crippen LogP contribution in [0.3, 0.4) is 0 Å². The van der Waals surface area contributed by atoms with Crippen LogP contribution in [0, 0.1) is 0 Å². The Kier molecular flexibility index (Phi) is 4.52. The zero-order valence-corrected chi connectivity index (χ0v) is 14.3. The lowest BCUT2D eigenvalue weighted by Crippen LogP contribution is -2.08. The van der Waals surface area contributed by atoms with Gasteiger partial charge in [-0.15, -0.1) is 11.3 Å². The molecule has 0 saturated carbocycles. The van der Waals surface area contributed by atoms with E-state index in [2.05, 4.69) is 50.5 Å². The molecule has 5 nitrogen and oxygen atoms in total. The van der Waals surface area contributed by atoms with Crippen molar-refractivity contribution in [3.63, 3.8) is 0 Å². The number of rotatable bonds is 5. The normalized spacial score (nSPS) is 11.3. The van der Waals surface area contributed by atoms with E-state index in [4.69, 9.17) is 0 Å². The highest BCUT2D eigenvalue weighted by atomic mass is 32.1. The third-order valence-electron chi connectivity index (χ3n) is 3.52. The number of hydrogen-bond acceptors (Lipinski definition) is 6. The second-order valence-electron chi connectivity index (χ2n) is 5.36. The molecule has 3 aromatic rings. The van der Waals surface area contributed by atoms with E-state index < -0.39 is 0 Å². The molecule has 0 saturated heterocycles. The van der Waals surface area contributed by atoms with Crippen molar-refractivity contribution in [2.75, 3.05) is 24.4 Å². The molecule has 1 aromatic carbocycles. The molecule has 0 aliphatic rings. The summed E-state index contributed by atoms with van der Waals surface area (Å²) in [5.74, 6) is 0.743. The Balaban J connectivity index is 1.76. The van der Waals surface area contributed by atoms with Gasteiger partial charge in [-0.3, -0.25) is 5.43 Å². The molecule has 2 aromatic heterocycles. The second-order valence-corrected chi connectivity index (χ2v) is 6.48. The summed E-state index contributed by atoms with van der Waals surface area (Å²) >= 11 is 1.70. The molecule has 6 heteroatoms. The zero-order chi connectivity index (χ0) is 16.2. The average Bonchev–Trinajstić information content (AvgIpc) is 2.99. The molecule has 0 bridgehead atoms. The molecular formula is C17H19N5S. The fourth-order valence-electron chi connectivity index (χ4n) is 2.20. The van der Waals surface area contributed by atoms with Crippen molar-refractivity contribution in [1.29, 1.82) is 0 Å². The highest BCUT2D eigenvalue weighted by Crippen LogP contribution is 2.28. The summed E-state index contributed by atoms with van der Waals surface area (Å²) in [6, 6.07) is 10.3. The smallest absolute Gasteiger partial charge is 0.158 e. The Morgan fingerprint density at radius 1 is 1.22 bits per heavy atom. The Labute approximate surface area is 139 Å². The van der Waals surface area contributed by atoms with Crippen LogP contribution in [0.5, 0.6) is 0 Å². The molecule has 2 heterocycles. The molecular weight excluding hydrogens is 306 g/mol. The van der Waals surface area contributed by atoms with Crippen LogP contribution in [0.2, 0.25) is 0 Å². The summed E-state index contributed by atoms with van der Waals surface area (Å²) in [5, 5.41) is 5.32. The largest absolute Gasteiger partial charge is 0.378 e. The minimum absolute atomic E-state index is 0.743. The summed E-state index contributed by atoms with van der Waals surface area (Å²) in [5.41, 5.74) is 5.23. The fraction of sp³-hybridized carbons (Fsp3) is 0.235. The molecule has 1 N–H and O–H groups in total. The summed E-state index contributed by atoms with van der Waals surface area (Å²) in [4.78, 5) is 13.0. The van der Waals surface area contributed by atoms with Gasteiger partial charge in [0, 0.05) is 24.7 Å². The third-order valence-corrected chi connectivity index (χ3v) is 4.71. The van der Waals surface area contributed by atoms with Crippen LogP contribution in [0.25, 0.3) is 10.2 Å². The topological polar surface area (TPSA) is 53.4 Å². The first-order chi connectivity index (χ1) is 11.2. The predicted octanol–water partition coefficient (Wildman–Crippen LogP) is 3.77. The molecule has 118 valence electrons. The van der Waals surface area contributed by atoms with Crippen LogP contribution in [-0.4, -0.2) is 30.3 Å². The van der Waals surface area contributed by atoms with Crippen molar-refractivity contribution >= 4 is 39.3 Å². The van der Waals surface area contributed by atoms with E-state index in [0.717, 1.165) is 33.7 Å². The van der Waals surface area contributed by atoms with Crippen LogP contribution in [0.4, 0.5) is 11.5 Å². The van der Waals surface area contributed by atoms with Crippen LogP contribution >= 0.6 is 11.3 Å². The van der Waals surface area contributed by atoms with Crippen molar-refractivity contribution in [3.8, 4) is 0 Å². The molecule has 0 spiro atoms. The molecule has 0 aliphatic heterocycles. The van der Waals surface area contributed by atoms with Gasteiger partial charge in [0.25, 0.3) is 0 Å². The van der Waals surface area contributed by atoms with Crippen molar-refractivity contribution in [2.45, 2.75) is 13.3 Å². The lowest BCUT2D eigenvalue weighted by atomic mass is 10.2. The number of nitrogens with zero attached hydrogens (tertiary/aromatic N) is 4. The van der Waals surface area contributed by atoms with Gasteiger partial charge in [-0.2, -0.15) is 5.10 Å². The van der Waals surface area contributed by atoms with E-state index in [1.807, 2.05) is 26.2 Å². The number of thiophene rings is 1. The van der Waals surface area contributed by atoms with Gasteiger partial charge in [-0.05, 0) is 30.2 Å². The number of anilines is 2. The van der Waals surface area contributed by atoms with E-state index >= 15 is 0 Å². The quantitative estimate of drug-likeness (QED) is 0.573. The summed E-state index contributed by atoms with van der Waals surface area (Å²) < 4.78 is 0. The van der Waals surface area contributed by atoms with Gasteiger partial charge in [0.2, 0.25) is 0 Å². The molecule has 0 atom stereocenters. The summed E-state index contributed by atoms with van der Waals surface area (Å²) in [7, 11) is 4.05. The lowest BCUT2D eigenvalue weighted by Gasteiger charge is -2.11. The Morgan fingerprint density at radius 2 is 2.00 bits per heavy atom. The minimum Gasteiger partial charge on any atom is -0.378 e. The predicted molar refractivity (Wildman–Crippen MR) is 98.8 cm³/mol. The number of hydrazone groups is 1. The Morgan fingerprint density at radius 3 is 2.70 bits per heavy atom. The van der Waals surface area contributed by atoms with E-state index in [0.29, 0.717) is 0 Å². The lowest BCUT2D eigenvalue weighted by molar-refractivity contribution is 1.13. The first-order valence-electron chi connectivity index (χ1n) is 7.47. The van der Waals surface area contributed by atoms with Crippen LogP contribution in [0.1, 0.15) is 17.4 Å². The molecule has 0 radical (unpaired) electrons. The van der Waals surface area contributed by atoms with Gasteiger partial charge in [-0.25, -0.2) is 9.97 Å². The van der Waals surface area contributed by atoms with Gasteiger partial charge in [0.1, 0.15) is 11.2 Å². The highest BCUT2D eigenvalue weighted by molar-refractivity contribution is 7.18. The van der Waals surface area contributed by atoms with E-state index in [1.54, 1.807) is 23.9 Å². The summed E-state index contributed by atoms with van der Waals surface area (Å²) in [6.07, 6.45) is 4.37. The SMILES string of the molecule is CCc1cc2c(N/N=C/c3ccc(N(C)C)cc3)ncnc2s1. The zero-order valence-electron chi connectivity index (χ0n) is 13.4. The van der Waals surface area contributed by atoms with Crippen molar-refractivity contribution in [3.05, 3.63) is 47.1 Å². The van der Waals surface area contributed by atoms with Crippen molar-refractivity contribution < 1.29 is 0 Å². The number of nitrogens with one attached hydrogen (secondary N) is 1. The van der Waals surface area contributed by atoms with Crippen LogP contribution in [-0.2, 0) is 6.42 Å². The average molecular weight is 325 g/mol. The van der Waals surface area contributed by atoms with Gasteiger partial charge >= 0.3 is 0 Å². The van der Waals surface area contributed by atoms with Crippen LogP contribution in [0.15, 0.2) is 41.8 Å². The second kappa shape index (κ2) is 6.75. The van der Waals surface area contributed by atoms with E-state index in [9.17, 15) is 0 Å². The molecule has 0 amide bonds. The standard InChI is InChI=1S/C17H19N5S/c1-4-14-9-15-16(18-11-19-17(15)23-14)21-20-10-12-5-7-13(8-6-12)22(2)3/h5-11H,4H2,1-3H3,(H,18,19,21)/b20-10+. The van der Waals surface area contributed by atoms with E-state index in [-0.39, 0.29) is 0 Å². The van der Waals surface area contributed by atoms with Crippen LogP contribution < -0.4 is 10.3 Å². The van der Waals surface area contributed by atoms with Crippen molar-refractivity contribution in [1.82, 2.24) is 9.97 Å². The van der Waals surface area contributed by atoms with Gasteiger partial charge in [-0.1, -0.05) is 19.1 Å². The summed E-state index contributed by atoms with van der Waals surface area (Å²) in [6.45, 7) is 2.14. The first-order valence-corrected chi connectivity index (χ1v) is 8.29. The Bertz CT molecular complexity index is 821. The molecule has 0 aliphatic carbocycles. The molecule has 0 fully saturated rings. The van der Waals surface area contributed by atoms with Gasteiger partial charge < -0.3 is 4.90 Å².